The molecule has 3 fully saturated rings. The molecule has 498 valence electrons. The molecule has 0 aromatic heterocycles. The zero-order chi connectivity index (χ0) is 61.8. The SMILES string of the molecule is CCCCCCCCC1C(CCCCCC)CCC(CCCC)C1CCCCCCCCN(C(C)=O)C1CC(=O)N(CCCCCCCCC2C(CCCCCCCCN3C(=O)C=CC3=O)CCC(CCCCCC)C2CCCCCCCC)C1=O. The molecule has 86 heavy (non-hydrogen) atoms. The molecule has 0 aromatic carbocycles. The van der Waals surface area contributed by atoms with Crippen LogP contribution >= 0.6 is 0 Å². The van der Waals surface area contributed by atoms with Gasteiger partial charge in [-0.3, -0.25) is 33.8 Å². The van der Waals surface area contributed by atoms with E-state index < -0.39 is 6.04 Å². The molecule has 2 aliphatic carbocycles. The third kappa shape index (κ3) is 29.6. The van der Waals surface area contributed by atoms with Gasteiger partial charge in [-0.25, -0.2) is 0 Å². The normalized spacial score (nSPS) is 23.4. The van der Waals surface area contributed by atoms with Gasteiger partial charge >= 0.3 is 0 Å². The van der Waals surface area contributed by atoms with E-state index in [1.54, 1.807) is 11.8 Å². The van der Waals surface area contributed by atoms with Crippen molar-refractivity contribution in [3.63, 3.8) is 0 Å². The molecule has 9 atom stereocenters. The molecular formula is C78H141N3O5. The van der Waals surface area contributed by atoms with Gasteiger partial charge in [0.15, 0.2) is 0 Å². The maximum atomic E-state index is 13.8. The zero-order valence-electron chi connectivity index (χ0n) is 57.8. The quantitative estimate of drug-likeness (QED) is 0.0447. The number of nitrogens with zero attached hydrogens (tertiary/aromatic N) is 3. The summed E-state index contributed by atoms with van der Waals surface area (Å²) in [6.07, 6.45) is 71.6. The Kier molecular flexibility index (Phi) is 42.7. The molecule has 9 unspecified atom stereocenters. The van der Waals surface area contributed by atoms with Crippen molar-refractivity contribution in [2.45, 2.75) is 388 Å². The van der Waals surface area contributed by atoms with E-state index in [9.17, 15) is 24.0 Å². The molecule has 0 aromatic rings. The van der Waals surface area contributed by atoms with E-state index in [2.05, 4.69) is 34.6 Å². The number of unbranched alkanes of at least 4 members (excludes halogenated alkanes) is 32. The second-order valence-corrected chi connectivity index (χ2v) is 29.0. The highest BCUT2D eigenvalue weighted by molar-refractivity contribution is 6.12. The summed E-state index contributed by atoms with van der Waals surface area (Å²) < 4.78 is 0. The van der Waals surface area contributed by atoms with Crippen molar-refractivity contribution in [3.05, 3.63) is 12.2 Å². The first-order valence-corrected chi connectivity index (χ1v) is 38.7. The smallest absolute Gasteiger partial charge is 0.253 e. The van der Waals surface area contributed by atoms with Crippen LogP contribution in [0.15, 0.2) is 12.2 Å². The first kappa shape index (κ1) is 75.9. The minimum Gasteiger partial charge on any atom is -0.330 e. The molecule has 4 rings (SSSR count). The van der Waals surface area contributed by atoms with Gasteiger partial charge in [0, 0.05) is 38.7 Å². The van der Waals surface area contributed by atoms with Crippen LogP contribution in [-0.2, 0) is 24.0 Å². The van der Waals surface area contributed by atoms with Crippen molar-refractivity contribution in [1.29, 1.82) is 0 Å². The number of imide groups is 2. The van der Waals surface area contributed by atoms with Crippen LogP contribution in [0.4, 0.5) is 0 Å². The van der Waals surface area contributed by atoms with Gasteiger partial charge < -0.3 is 4.90 Å². The number of hydrogen-bond acceptors (Lipinski definition) is 5. The Hall–Kier alpha value is -2.51. The molecule has 0 radical (unpaired) electrons. The minimum atomic E-state index is -0.629. The van der Waals surface area contributed by atoms with Crippen molar-refractivity contribution in [2.75, 3.05) is 19.6 Å². The zero-order valence-corrected chi connectivity index (χ0v) is 57.8. The number of amides is 5. The van der Waals surface area contributed by atoms with Gasteiger partial charge in [-0.1, -0.05) is 298 Å². The average Bonchev–Trinajstić information content (AvgIpc) is 2.53. The Balaban J connectivity index is 1.18. The highest BCUT2D eigenvalue weighted by Gasteiger charge is 2.43. The maximum absolute atomic E-state index is 13.8. The lowest BCUT2D eigenvalue weighted by molar-refractivity contribution is -0.143. The summed E-state index contributed by atoms with van der Waals surface area (Å²) in [6.45, 7) is 14.9. The fourth-order valence-electron chi connectivity index (χ4n) is 17.2. The summed E-state index contributed by atoms with van der Waals surface area (Å²) in [7, 11) is 0. The van der Waals surface area contributed by atoms with Crippen molar-refractivity contribution < 1.29 is 24.0 Å². The van der Waals surface area contributed by atoms with E-state index in [0.717, 1.165) is 92.3 Å². The molecule has 1 saturated heterocycles. The van der Waals surface area contributed by atoms with Gasteiger partial charge in [0.25, 0.3) is 17.7 Å². The number of likely N-dealkylation sites (tertiary alicyclic amines) is 1. The molecule has 0 spiro atoms. The molecule has 0 N–H and O–H groups in total. The minimum absolute atomic E-state index is 0.0761. The Morgan fingerprint density at radius 2 is 0.640 bits per heavy atom. The van der Waals surface area contributed by atoms with Crippen LogP contribution in [0.5, 0.6) is 0 Å². The number of rotatable bonds is 55. The average molecular weight is 1200 g/mol. The summed E-state index contributed by atoms with van der Waals surface area (Å²) in [6, 6.07) is -0.629. The van der Waals surface area contributed by atoms with Gasteiger partial charge in [0.05, 0.1) is 6.42 Å². The Morgan fingerprint density at radius 1 is 0.360 bits per heavy atom. The van der Waals surface area contributed by atoms with Crippen LogP contribution in [0, 0.1) is 47.3 Å². The first-order chi connectivity index (χ1) is 42.1. The summed E-state index contributed by atoms with van der Waals surface area (Å²) in [5.41, 5.74) is 0. The molecule has 4 aliphatic rings. The van der Waals surface area contributed by atoms with Crippen molar-refractivity contribution >= 4 is 29.5 Å². The Labute approximate surface area is 532 Å². The largest absolute Gasteiger partial charge is 0.330 e. The molecule has 2 heterocycles. The van der Waals surface area contributed by atoms with Gasteiger partial charge in [0.1, 0.15) is 6.04 Å². The summed E-state index contributed by atoms with van der Waals surface area (Å²) in [5.74, 6) is 6.60. The summed E-state index contributed by atoms with van der Waals surface area (Å²) in [5, 5.41) is 0. The van der Waals surface area contributed by atoms with Gasteiger partial charge in [0.2, 0.25) is 11.8 Å². The molecule has 5 amide bonds. The lowest BCUT2D eigenvalue weighted by Gasteiger charge is -2.44. The lowest BCUT2D eigenvalue weighted by atomic mass is 9.61. The fourth-order valence-corrected chi connectivity index (χ4v) is 17.2. The Morgan fingerprint density at radius 3 is 0.988 bits per heavy atom. The molecule has 8 nitrogen and oxygen atoms in total. The number of hydrogen-bond donors (Lipinski definition) is 0. The van der Waals surface area contributed by atoms with Crippen molar-refractivity contribution in [2.24, 2.45) is 47.3 Å². The van der Waals surface area contributed by atoms with Crippen molar-refractivity contribution in [1.82, 2.24) is 14.7 Å². The van der Waals surface area contributed by atoms with Crippen molar-refractivity contribution in [3.8, 4) is 0 Å². The first-order valence-electron chi connectivity index (χ1n) is 38.7. The molecule has 8 heteroatoms. The van der Waals surface area contributed by atoms with E-state index in [0.29, 0.717) is 19.6 Å². The monoisotopic (exact) mass is 1200 g/mol. The summed E-state index contributed by atoms with van der Waals surface area (Å²) >= 11 is 0. The summed E-state index contributed by atoms with van der Waals surface area (Å²) in [4.78, 5) is 68.8. The topological polar surface area (TPSA) is 95.1 Å². The third-order valence-corrected chi connectivity index (χ3v) is 22.4. The third-order valence-electron chi connectivity index (χ3n) is 22.4. The second kappa shape index (κ2) is 48.3. The number of carbonyl (C=O) groups excluding carboxylic acids is 5. The van der Waals surface area contributed by atoms with Crippen LogP contribution in [0.1, 0.15) is 382 Å². The van der Waals surface area contributed by atoms with Crippen LogP contribution in [-0.4, -0.2) is 69.9 Å². The highest BCUT2D eigenvalue weighted by Crippen LogP contribution is 2.49. The predicted molar refractivity (Wildman–Crippen MR) is 365 cm³/mol. The van der Waals surface area contributed by atoms with Gasteiger partial charge in [-0.2, -0.15) is 0 Å². The van der Waals surface area contributed by atoms with E-state index >= 15 is 0 Å². The molecule has 2 saturated carbocycles. The molecule has 2 aliphatic heterocycles. The molecule has 0 bridgehead atoms. The predicted octanol–water partition coefficient (Wildman–Crippen LogP) is 22.2. The van der Waals surface area contributed by atoms with E-state index in [-0.39, 0.29) is 36.0 Å². The van der Waals surface area contributed by atoms with E-state index in [1.807, 2.05) is 0 Å². The standard InChI is InChI=1S/C78H141N3O5/c1-7-12-17-21-30-40-52-71-67(48-37-19-14-9-3)56-55-66(47-16-11-5)70(71)51-42-32-24-27-34-44-61-79(65(6)82)74-64-77(85)81(78(74)86)63-46-36-28-25-33-43-54-73-69(50-39-29-23-26-35-45-62-80-75(83)59-60-76(80)84)58-57-68(49-38-20-15-10-4)72(73)53-41-31-22-18-13-8-2/h59-60,66-74H,7-58,61-64H2,1-6H3. The lowest BCUT2D eigenvalue weighted by Crippen LogP contribution is -2.45. The van der Waals surface area contributed by atoms with Crippen LogP contribution < -0.4 is 0 Å². The van der Waals surface area contributed by atoms with Gasteiger partial charge in [-0.15, -0.1) is 0 Å². The maximum Gasteiger partial charge on any atom is 0.253 e. The number of carbonyl (C=O) groups is 5. The molecular weight excluding hydrogens is 1060 g/mol. The van der Waals surface area contributed by atoms with Gasteiger partial charge in [-0.05, 0) is 118 Å². The Bertz CT molecular complexity index is 1780. The van der Waals surface area contributed by atoms with E-state index in [1.165, 1.54) is 311 Å². The van der Waals surface area contributed by atoms with Crippen LogP contribution in [0.25, 0.3) is 0 Å². The van der Waals surface area contributed by atoms with Crippen LogP contribution in [0.2, 0.25) is 0 Å². The van der Waals surface area contributed by atoms with Crippen LogP contribution in [0.3, 0.4) is 0 Å². The fraction of sp³-hybridized carbons (Fsp3) is 0.910. The second-order valence-electron chi connectivity index (χ2n) is 29.0. The highest BCUT2D eigenvalue weighted by atomic mass is 16.2. The van der Waals surface area contributed by atoms with E-state index in [4.69, 9.17) is 0 Å².